The van der Waals surface area contributed by atoms with Gasteiger partial charge in [0.05, 0.1) is 16.5 Å². The van der Waals surface area contributed by atoms with Crippen molar-refractivity contribution in [2.24, 2.45) is 5.92 Å². The summed E-state index contributed by atoms with van der Waals surface area (Å²) in [4.78, 5) is 28.0. The number of sulfone groups is 1. The fourth-order valence-electron chi connectivity index (χ4n) is 4.68. The van der Waals surface area contributed by atoms with Crippen LogP contribution in [0.5, 0.6) is 0 Å². The smallest absolute Gasteiger partial charge is 0.347 e. The highest BCUT2D eigenvalue weighted by Crippen LogP contribution is 2.43. The Morgan fingerprint density at radius 2 is 1.75 bits per heavy atom. The summed E-state index contributed by atoms with van der Waals surface area (Å²) in [6, 6.07) is 5.84. The standard InChI is InChI=1S/C25H26F4N2O4S/c1-14-6-11-21(31(14)24(33)16-4-3-5-18(12-16)36(2,34)35)23(32)30-22(15-7-8-15)19-10-9-17(13-20(19)26)25(27,28)29/h3-5,9-10,12-15,21-22H,6-8,11H2,1-2H3,(H,30,32)/t14-,21+,22?/m1/s1. The molecule has 0 radical (unpaired) electrons. The van der Waals surface area contributed by atoms with Crippen molar-refractivity contribution in [1.82, 2.24) is 10.2 Å². The maximum absolute atomic E-state index is 14.7. The van der Waals surface area contributed by atoms with Crippen molar-refractivity contribution in [2.75, 3.05) is 6.26 Å². The minimum Gasteiger partial charge on any atom is -0.347 e. The molecule has 3 atom stereocenters. The van der Waals surface area contributed by atoms with E-state index in [4.69, 9.17) is 0 Å². The molecule has 1 aliphatic heterocycles. The number of rotatable bonds is 6. The second-order valence-corrected chi connectivity index (χ2v) is 11.5. The number of benzene rings is 2. The minimum absolute atomic E-state index is 0.0206. The molecule has 0 aromatic heterocycles. The number of hydrogen-bond donors (Lipinski definition) is 1. The van der Waals surface area contributed by atoms with Gasteiger partial charge in [-0.15, -0.1) is 0 Å². The maximum atomic E-state index is 14.7. The van der Waals surface area contributed by atoms with E-state index in [0.29, 0.717) is 31.7 Å². The average Bonchev–Trinajstić information content (AvgIpc) is 3.57. The molecular weight excluding hydrogens is 500 g/mol. The Labute approximate surface area is 206 Å². The van der Waals surface area contributed by atoms with Gasteiger partial charge in [0.15, 0.2) is 9.84 Å². The quantitative estimate of drug-likeness (QED) is 0.562. The van der Waals surface area contributed by atoms with Gasteiger partial charge in [-0.3, -0.25) is 9.59 Å². The lowest BCUT2D eigenvalue weighted by atomic mass is 9.99. The molecule has 1 unspecified atom stereocenters. The fourth-order valence-corrected chi connectivity index (χ4v) is 5.34. The lowest BCUT2D eigenvalue weighted by Gasteiger charge is -2.30. The normalized spacial score (nSPS) is 21.3. The molecule has 0 spiro atoms. The van der Waals surface area contributed by atoms with E-state index in [9.17, 15) is 35.6 Å². The number of carbonyl (C=O) groups excluding carboxylic acids is 2. The largest absolute Gasteiger partial charge is 0.416 e. The van der Waals surface area contributed by atoms with Crippen LogP contribution in [0, 0.1) is 11.7 Å². The van der Waals surface area contributed by atoms with Crippen LogP contribution in [-0.2, 0) is 20.8 Å². The number of amides is 2. The van der Waals surface area contributed by atoms with Crippen LogP contribution in [0.3, 0.4) is 0 Å². The highest BCUT2D eigenvalue weighted by atomic mass is 32.2. The summed E-state index contributed by atoms with van der Waals surface area (Å²) in [5.41, 5.74) is -1.01. The first-order valence-electron chi connectivity index (χ1n) is 11.6. The van der Waals surface area contributed by atoms with Crippen molar-refractivity contribution in [3.05, 3.63) is 65.0 Å². The minimum atomic E-state index is -4.69. The molecule has 0 bridgehead atoms. The second-order valence-electron chi connectivity index (χ2n) is 9.51. The highest BCUT2D eigenvalue weighted by Gasteiger charge is 2.42. The van der Waals surface area contributed by atoms with Gasteiger partial charge in [0.1, 0.15) is 11.9 Å². The maximum Gasteiger partial charge on any atom is 0.416 e. The van der Waals surface area contributed by atoms with Gasteiger partial charge in [-0.2, -0.15) is 13.2 Å². The van der Waals surface area contributed by atoms with Gasteiger partial charge in [0.2, 0.25) is 5.91 Å². The predicted molar refractivity (Wildman–Crippen MR) is 123 cm³/mol. The van der Waals surface area contributed by atoms with E-state index in [0.717, 1.165) is 18.4 Å². The molecule has 2 aromatic rings. The van der Waals surface area contributed by atoms with Gasteiger partial charge in [0, 0.05) is 23.4 Å². The molecule has 2 aliphatic rings. The van der Waals surface area contributed by atoms with Crippen LogP contribution in [0.2, 0.25) is 0 Å². The van der Waals surface area contributed by atoms with Crippen molar-refractivity contribution in [3.63, 3.8) is 0 Å². The van der Waals surface area contributed by atoms with Crippen molar-refractivity contribution in [2.45, 2.75) is 61.8 Å². The summed E-state index contributed by atoms with van der Waals surface area (Å²) < 4.78 is 77.4. The lowest BCUT2D eigenvalue weighted by Crippen LogP contribution is -2.49. The Hall–Kier alpha value is -2.95. The van der Waals surface area contributed by atoms with Gasteiger partial charge in [-0.25, -0.2) is 12.8 Å². The Kier molecular flexibility index (Phi) is 6.89. The summed E-state index contributed by atoms with van der Waals surface area (Å²) in [6.07, 6.45) is -1.41. The van der Waals surface area contributed by atoms with E-state index < -0.39 is 51.3 Å². The molecule has 194 valence electrons. The molecule has 36 heavy (non-hydrogen) atoms. The monoisotopic (exact) mass is 526 g/mol. The summed E-state index contributed by atoms with van der Waals surface area (Å²) in [5.74, 6) is -2.19. The first kappa shape index (κ1) is 26.1. The average molecular weight is 527 g/mol. The van der Waals surface area contributed by atoms with Crippen LogP contribution < -0.4 is 5.32 Å². The van der Waals surface area contributed by atoms with E-state index in [1.54, 1.807) is 6.92 Å². The van der Waals surface area contributed by atoms with E-state index >= 15 is 0 Å². The van der Waals surface area contributed by atoms with Gasteiger partial charge in [0.25, 0.3) is 5.91 Å². The Balaban J connectivity index is 1.57. The fraction of sp³-hybridized carbons (Fsp3) is 0.440. The zero-order valence-electron chi connectivity index (χ0n) is 19.7. The van der Waals surface area contributed by atoms with Crippen LogP contribution in [0.1, 0.15) is 60.1 Å². The third-order valence-electron chi connectivity index (χ3n) is 6.77. The topological polar surface area (TPSA) is 83.6 Å². The summed E-state index contributed by atoms with van der Waals surface area (Å²) in [6.45, 7) is 1.78. The highest BCUT2D eigenvalue weighted by molar-refractivity contribution is 7.90. The van der Waals surface area contributed by atoms with Crippen LogP contribution in [0.25, 0.3) is 0 Å². The molecule has 1 saturated heterocycles. The molecule has 1 aliphatic carbocycles. The molecule has 1 saturated carbocycles. The number of carbonyl (C=O) groups is 2. The molecule has 2 amide bonds. The van der Waals surface area contributed by atoms with Crippen molar-refractivity contribution < 1.29 is 35.6 Å². The van der Waals surface area contributed by atoms with Crippen LogP contribution >= 0.6 is 0 Å². The molecule has 1 N–H and O–H groups in total. The first-order valence-corrected chi connectivity index (χ1v) is 13.5. The molecule has 2 fully saturated rings. The lowest BCUT2D eigenvalue weighted by molar-refractivity contribution is -0.137. The third kappa shape index (κ3) is 5.40. The number of nitrogens with one attached hydrogen (secondary N) is 1. The number of nitrogens with zero attached hydrogens (tertiary/aromatic N) is 1. The van der Waals surface area contributed by atoms with E-state index in [2.05, 4.69) is 5.32 Å². The molecule has 11 heteroatoms. The summed E-state index contributed by atoms with van der Waals surface area (Å²) >= 11 is 0. The van der Waals surface area contributed by atoms with Crippen LogP contribution in [0.15, 0.2) is 47.4 Å². The molecule has 1 heterocycles. The van der Waals surface area contributed by atoms with Crippen molar-refractivity contribution >= 4 is 21.7 Å². The van der Waals surface area contributed by atoms with E-state index in [-0.39, 0.29) is 28.0 Å². The van der Waals surface area contributed by atoms with Gasteiger partial charge < -0.3 is 10.2 Å². The van der Waals surface area contributed by atoms with Crippen LogP contribution in [0.4, 0.5) is 17.6 Å². The van der Waals surface area contributed by atoms with Crippen molar-refractivity contribution in [3.8, 4) is 0 Å². The molecule has 2 aromatic carbocycles. The molecule has 6 nitrogen and oxygen atoms in total. The predicted octanol–water partition coefficient (Wildman–Crippen LogP) is 4.51. The number of halogens is 4. The number of likely N-dealkylation sites (tertiary alicyclic amines) is 1. The van der Waals surface area contributed by atoms with Gasteiger partial charge >= 0.3 is 6.18 Å². The number of alkyl halides is 3. The summed E-state index contributed by atoms with van der Waals surface area (Å²) in [5, 5.41) is 2.78. The first-order chi connectivity index (χ1) is 16.8. The third-order valence-corrected chi connectivity index (χ3v) is 7.88. The Morgan fingerprint density at radius 1 is 1.06 bits per heavy atom. The van der Waals surface area contributed by atoms with Crippen LogP contribution in [-0.4, -0.2) is 43.5 Å². The van der Waals surface area contributed by atoms with Crippen molar-refractivity contribution in [1.29, 1.82) is 0 Å². The van der Waals surface area contributed by atoms with E-state index in [1.807, 2.05) is 0 Å². The van der Waals surface area contributed by atoms with E-state index in [1.165, 1.54) is 29.2 Å². The Bertz CT molecular complexity index is 1290. The van der Waals surface area contributed by atoms with Gasteiger partial charge in [-0.05, 0) is 68.9 Å². The SMILES string of the molecule is C[C@@H]1CC[C@@H](C(=O)NC(c2ccc(C(F)(F)F)cc2F)C2CC2)N1C(=O)c1cccc(S(C)(=O)=O)c1. The zero-order valence-corrected chi connectivity index (χ0v) is 20.5. The zero-order chi connectivity index (χ0) is 26.4. The Morgan fingerprint density at radius 3 is 2.33 bits per heavy atom. The molecule has 4 rings (SSSR count). The van der Waals surface area contributed by atoms with Gasteiger partial charge in [-0.1, -0.05) is 12.1 Å². The number of hydrogen-bond acceptors (Lipinski definition) is 4. The molecular formula is C25H26F4N2O4S. The summed E-state index contributed by atoms with van der Waals surface area (Å²) in [7, 11) is -3.55. The second kappa shape index (κ2) is 9.49.